The molecule has 0 saturated carbocycles. The Hall–Kier alpha value is -0.953. The zero-order valence-electron chi connectivity index (χ0n) is 20.0. The van der Waals surface area contributed by atoms with Crippen LogP contribution < -0.4 is 5.32 Å². The minimum Gasteiger partial charge on any atom is -0.408 e. The highest BCUT2D eigenvalue weighted by Gasteiger charge is 2.41. The fraction of sp³-hybridized carbons (Fsp3) is 0.520. The standard InChI is InChI=1S/C25H36Cl2FNO2Si/c1-16(2)22(30)15-29-23(17-11-12-20(27)21(28)14-17)24(18-9-8-10-19(26)13-18)31-32(6,7)25(3,4)5/h8-14,16,22-24,29-30H,15H2,1-7H3/t22-,23-,24-/m1/s1. The van der Waals surface area contributed by atoms with E-state index in [1.807, 2.05) is 38.1 Å². The van der Waals surface area contributed by atoms with Gasteiger partial charge in [0.2, 0.25) is 0 Å². The van der Waals surface area contributed by atoms with Crippen molar-refractivity contribution in [1.29, 1.82) is 0 Å². The Bertz CT molecular complexity index is 902. The second kappa shape index (κ2) is 11.0. The van der Waals surface area contributed by atoms with Crippen molar-refractivity contribution in [3.63, 3.8) is 0 Å². The minimum absolute atomic E-state index is 0.0307. The lowest BCUT2D eigenvalue weighted by atomic mass is 9.95. The molecule has 0 aliphatic heterocycles. The van der Waals surface area contributed by atoms with Gasteiger partial charge in [0, 0.05) is 11.6 Å². The van der Waals surface area contributed by atoms with Crippen LogP contribution in [0.1, 0.15) is 57.9 Å². The van der Waals surface area contributed by atoms with Gasteiger partial charge in [-0.2, -0.15) is 0 Å². The molecule has 0 spiro atoms. The van der Waals surface area contributed by atoms with Crippen LogP contribution in [0.2, 0.25) is 28.2 Å². The van der Waals surface area contributed by atoms with Crippen molar-refractivity contribution in [2.75, 3.05) is 6.54 Å². The van der Waals surface area contributed by atoms with E-state index >= 15 is 0 Å². The molecule has 0 fully saturated rings. The van der Waals surface area contributed by atoms with Crippen LogP contribution in [-0.2, 0) is 4.43 Å². The van der Waals surface area contributed by atoms with Crippen molar-refractivity contribution in [3.8, 4) is 0 Å². The van der Waals surface area contributed by atoms with Crippen LogP contribution in [0.3, 0.4) is 0 Å². The van der Waals surface area contributed by atoms with E-state index in [1.54, 1.807) is 12.1 Å². The highest BCUT2D eigenvalue weighted by Crippen LogP contribution is 2.44. The maximum absolute atomic E-state index is 14.5. The number of hydrogen-bond acceptors (Lipinski definition) is 3. The summed E-state index contributed by atoms with van der Waals surface area (Å²) in [7, 11) is -2.23. The largest absolute Gasteiger partial charge is 0.408 e. The second-order valence-electron chi connectivity index (χ2n) is 10.2. The summed E-state index contributed by atoms with van der Waals surface area (Å²) < 4.78 is 21.4. The van der Waals surface area contributed by atoms with Crippen LogP contribution in [0.15, 0.2) is 42.5 Å². The van der Waals surface area contributed by atoms with Crippen molar-refractivity contribution >= 4 is 31.5 Å². The van der Waals surface area contributed by atoms with E-state index in [1.165, 1.54) is 6.07 Å². The summed E-state index contributed by atoms with van der Waals surface area (Å²) in [5, 5.41) is 14.6. The molecule has 0 amide bonds. The quantitative estimate of drug-likeness (QED) is 0.350. The van der Waals surface area contributed by atoms with Crippen molar-refractivity contribution in [2.24, 2.45) is 5.92 Å². The highest BCUT2D eigenvalue weighted by atomic mass is 35.5. The molecule has 2 aromatic rings. The first-order valence-corrected chi connectivity index (χ1v) is 14.7. The molecule has 0 unspecified atom stereocenters. The molecule has 2 aromatic carbocycles. The maximum Gasteiger partial charge on any atom is 0.193 e. The summed E-state index contributed by atoms with van der Waals surface area (Å²) in [4.78, 5) is 0. The van der Waals surface area contributed by atoms with Crippen LogP contribution in [-0.4, -0.2) is 26.1 Å². The fourth-order valence-electron chi connectivity index (χ4n) is 3.10. The molecule has 3 atom stereocenters. The van der Waals surface area contributed by atoms with Crippen molar-refractivity contribution < 1.29 is 13.9 Å². The summed E-state index contributed by atoms with van der Waals surface area (Å²) in [5.41, 5.74) is 1.60. The zero-order chi connectivity index (χ0) is 24.3. The van der Waals surface area contributed by atoms with Gasteiger partial charge in [-0.15, -0.1) is 0 Å². The first-order chi connectivity index (χ1) is 14.7. The third-order valence-corrected chi connectivity index (χ3v) is 11.3. The Morgan fingerprint density at radius 3 is 2.25 bits per heavy atom. The molecular formula is C25H36Cl2FNO2Si. The average molecular weight is 501 g/mol. The van der Waals surface area contributed by atoms with Crippen LogP contribution in [0.4, 0.5) is 4.39 Å². The maximum atomic E-state index is 14.5. The van der Waals surface area contributed by atoms with E-state index in [0.29, 0.717) is 17.1 Å². The Morgan fingerprint density at radius 2 is 1.72 bits per heavy atom. The van der Waals surface area contributed by atoms with Gasteiger partial charge < -0.3 is 14.8 Å². The number of halogens is 3. The number of aliphatic hydroxyl groups is 1. The molecule has 0 bridgehead atoms. The first kappa shape index (κ1) is 27.3. The number of rotatable bonds is 9. The molecule has 2 N–H and O–H groups in total. The molecule has 0 saturated heterocycles. The van der Waals surface area contributed by atoms with E-state index in [4.69, 9.17) is 27.6 Å². The van der Waals surface area contributed by atoms with Gasteiger partial charge in [-0.05, 0) is 59.4 Å². The molecule has 0 aliphatic carbocycles. The molecule has 0 heterocycles. The van der Waals surface area contributed by atoms with Crippen molar-refractivity contribution in [2.45, 2.75) is 71.0 Å². The van der Waals surface area contributed by atoms with E-state index < -0.39 is 32.4 Å². The minimum atomic E-state index is -2.23. The Labute approximate surface area is 203 Å². The molecular weight excluding hydrogens is 464 g/mol. The van der Waals surface area contributed by atoms with Gasteiger partial charge in [-0.3, -0.25) is 0 Å². The van der Waals surface area contributed by atoms with Crippen molar-refractivity contribution in [3.05, 3.63) is 69.5 Å². The molecule has 0 aliphatic rings. The summed E-state index contributed by atoms with van der Waals surface area (Å²) >= 11 is 12.3. The predicted octanol–water partition coefficient (Wildman–Crippen LogP) is 7.54. The molecule has 2 rings (SSSR count). The molecule has 7 heteroatoms. The lowest BCUT2D eigenvalue weighted by Crippen LogP contribution is -2.45. The number of aliphatic hydroxyl groups excluding tert-OH is 1. The van der Waals surface area contributed by atoms with Gasteiger partial charge in [0.1, 0.15) is 5.82 Å². The van der Waals surface area contributed by atoms with E-state index in [0.717, 1.165) is 5.56 Å². The monoisotopic (exact) mass is 499 g/mol. The predicted molar refractivity (Wildman–Crippen MR) is 135 cm³/mol. The van der Waals surface area contributed by atoms with Crippen molar-refractivity contribution in [1.82, 2.24) is 5.32 Å². The third kappa shape index (κ3) is 7.02. The molecule has 178 valence electrons. The third-order valence-electron chi connectivity index (χ3n) is 6.33. The van der Waals surface area contributed by atoms with E-state index in [9.17, 15) is 9.50 Å². The topological polar surface area (TPSA) is 41.5 Å². The Balaban J connectivity index is 2.59. The summed E-state index contributed by atoms with van der Waals surface area (Å²) in [6.07, 6.45) is -0.989. The van der Waals surface area contributed by atoms with Gasteiger partial charge in [0.15, 0.2) is 8.32 Å². The molecule has 32 heavy (non-hydrogen) atoms. The van der Waals surface area contributed by atoms with Gasteiger partial charge in [0.25, 0.3) is 0 Å². The van der Waals surface area contributed by atoms with E-state index in [2.05, 4.69) is 39.2 Å². The number of hydrogen-bond donors (Lipinski definition) is 2. The van der Waals surface area contributed by atoms with Crippen LogP contribution in [0.25, 0.3) is 0 Å². The summed E-state index contributed by atoms with van der Waals surface area (Å²) in [6.45, 7) is 15.2. The molecule has 0 aromatic heterocycles. The molecule has 3 nitrogen and oxygen atoms in total. The van der Waals surface area contributed by atoms with Gasteiger partial charge in [0.05, 0.1) is 23.3 Å². The average Bonchev–Trinajstić information content (AvgIpc) is 2.68. The number of nitrogens with one attached hydrogen (secondary N) is 1. The van der Waals surface area contributed by atoms with Gasteiger partial charge in [-0.1, -0.05) is 76.0 Å². The van der Waals surface area contributed by atoms with Crippen LogP contribution in [0, 0.1) is 11.7 Å². The van der Waals surface area contributed by atoms with Crippen LogP contribution >= 0.6 is 23.2 Å². The second-order valence-corrected chi connectivity index (χ2v) is 15.8. The fourth-order valence-corrected chi connectivity index (χ4v) is 4.67. The lowest BCUT2D eigenvalue weighted by molar-refractivity contribution is 0.0954. The zero-order valence-corrected chi connectivity index (χ0v) is 22.6. The molecule has 0 radical (unpaired) electrons. The summed E-state index contributed by atoms with van der Waals surface area (Å²) in [6, 6.07) is 12.0. The van der Waals surface area contributed by atoms with E-state index in [-0.39, 0.29) is 16.0 Å². The SMILES string of the molecule is CC(C)[C@H](O)CN[C@H](c1ccc(Cl)c(F)c1)[C@H](O[Si](C)(C)C(C)(C)C)c1cccc(Cl)c1. The Morgan fingerprint density at radius 1 is 1.06 bits per heavy atom. The Kier molecular flexibility index (Phi) is 9.37. The highest BCUT2D eigenvalue weighted by molar-refractivity contribution is 6.74. The first-order valence-electron chi connectivity index (χ1n) is 11.0. The smallest absolute Gasteiger partial charge is 0.193 e. The van der Waals surface area contributed by atoms with Gasteiger partial charge in [-0.25, -0.2) is 4.39 Å². The van der Waals surface area contributed by atoms with Crippen LogP contribution in [0.5, 0.6) is 0 Å². The summed E-state index contributed by atoms with van der Waals surface area (Å²) in [5.74, 6) is -0.409. The lowest BCUT2D eigenvalue weighted by Gasteiger charge is -2.42. The normalized spacial score (nSPS) is 15.6. The van der Waals surface area contributed by atoms with Gasteiger partial charge >= 0.3 is 0 Å². The number of benzene rings is 2.